The highest BCUT2D eigenvalue weighted by atomic mass is 16.5. The maximum Gasteiger partial charge on any atom is 0.310 e. The molecule has 1 saturated heterocycles. The Morgan fingerprint density at radius 2 is 1.83 bits per heavy atom. The summed E-state index contributed by atoms with van der Waals surface area (Å²) in [6.45, 7) is 4.63. The Bertz CT molecular complexity index is 623. The quantitative estimate of drug-likeness (QED) is 0.605. The Labute approximate surface area is 141 Å². The maximum atomic E-state index is 12.4. The van der Waals surface area contributed by atoms with Gasteiger partial charge in [-0.25, -0.2) is 0 Å². The Kier molecular flexibility index (Phi) is 4.94. The van der Waals surface area contributed by atoms with Gasteiger partial charge in [-0.15, -0.1) is 0 Å². The van der Waals surface area contributed by atoms with E-state index in [4.69, 9.17) is 4.74 Å². The molecule has 6 nitrogen and oxygen atoms in total. The third-order valence-corrected chi connectivity index (χ3v) is 4.64. The number of likely N-dealkylation sites (tertiary alicyclic amines) is 1. The van der Waals surface area contributed by atoms with E-state index in [1.54, 1.807) is 31.2 Å². The van der Waals surface area contributed by atoms with E-state index in [1.807, 2.05) is 0 Å². The van der Waals surface area contributed by atoms with Crippen LogP contribution in [0.25, 0.3) is 0 Å². The SMILES string of the molecule is CCOC(=O)[C@H]1CCCN(CCN2C(=O)c3ccccc3C2=O)C1. The van der Waals surface area contributed by atoms with Crippen LogP contribution in [0.15, 0.2) is 24.3 Å². The van der Waals surface area contributed by atoms with Crippen molar-refractivity contribution >= 4 is 17.8 Å². The first-order chi connectivity index (χ1) is 11.6. The summed E-state index contributed by atoms with van der Waals surface area (Å²) >= 11 is 0. The fourth-order valence-corrected chi connectivity index (χ4v) is 3.39. The van der Waals surface area contributed by atoms with Crippen LogP contribution in [0.3, 0.4) is 0 Å². The Hall–Kier alpha value is -2.21. The molecule has 3 rings (SSSR count). The summed E-state index contributed by atoms with van der Waals surface area (Å²) in [6, 6.07) is 6.91. The topological polar surface area (TPSA) is 66.9 Å². The number of ether oxygens (including phenoxy) is 1. The molecule has 0 N–H and O–H groups in total. The molecule has 0 spiro atoms. The average Bonchev–Trinajstić information content (AvgIpc) is 2.85. The molecule has 0 aromatic heterocycles. The van der Waals surface area contributed by atoms with Crippen molar-refractivity contribution in [2.75, 3.05) is 32.8 Å². The predicted octanol–water partition coefficient (Wildman–Crippen LogP) is 1.56. The molecule has 1 aromatic carbocycles. The molecular weight excluding hydrogens is 308 g/mol. The van der Waals surface area contributed by atoms with E-state index in [0.717, 1.165) is 19.4 Å². The molecule has 24 heavy (non-hydrogen) atoms. The van der Waals surface area contributed by atoms with Gasteiger partial charge in [0.15, 0.2) is 0 Å². The Morgan fingerprint density at radius 3 is 2.46 bits per heavy atom. The van der Waals surface area contributed by atoms with Crippen molar-refractivity contribution in [3.05, 3.63) is 35.4 Å². The molecule has 128 valence electrons. The van der Waals surface area contributed by atoms with Gasteiger partial charge in [-0.1, -0.05) is 12.1 Å². The minimum atomic E-state index is -0.227. The van der Waals surface area contributed by atoms with Crippen molar-refractivity contribution < 1.29 is 19.1 Å². The highest BCUT2D eigenvalue weighted by Gasteiger charge is 2.35. The molecule has 0 aliphatic carbocycles. The largest absolute Gasteiger partial charge is 0.466 e. The van der Waals surface area contributed by atoms with Gasteiger partial charge >= 0.3 is 5.97 Å². The number of nitrogens with zero attached hydrogens (tertiary/aromatic N) is 2. The summed E-state index contributed by atoms with van der Waals surface area (Å²) in [7, 11) is 0. The molecule has 2 aliphatic heterocycles. The number of benzene rings is 1. The third-order valence-electron chi connectivity index (χ3n) is 4.64. The molecule has 0 unspecified atom stereocenters. The van der Waals surface area contributed by atoms with Crippen molar-refractivity contribution in [3.63, 3.8) is 0 Å². The number of esters is 1. The molecule has 2 amide bonds. The highest BCUT2D eigenvalue weighted by molar-refractivity contribution is 6.21. The molecular formula is C18H22N2O4. The summed E-state index contributed by atoms with van der Waals surface area (Å²) < 4.78 is 5.10. The molecule has 2 aliphatic rings. The molecule has 0 bridgehead atoms. The number of carbonyl (C=O) groups excluding carboxylic acids is 3. The van der Waals surface area contributed by atoms with E-state index >= 15 is 0 Å². The van der Waals surface area contributed by atoms with Crippen molar-refractivity contribution in [3.8, 4) is 0 Å². The monoisotopic (exact) mass is 330 g/mol. The summed E-state index contributed by atoms with van der Waals surface area (Å²) in [6.07, 6.45) is 1.76. The number of carbonyl (C=O) groups is 3. The lowest BCUT2D eigenvalue weighted by Crippen LogP contribution is -2.44. The van der Waals surface area contributed by atoms with E-state index < -0.39 is 0 Å². The van der Waals surface area contributed by atoms with Crippen LogP contribution >= 0.6 is 0 Å². The van der Waals surface area contributed by atoms with Crippen LogP contribution in [-0.2, 0) is 9.53 Å². The van der Waals surface area contributed by atoms with Gasteiger partial charge < -0.3 is 9.64 Å². The molecule has 0 radical (unpaired) electrons. The van der Waals surface area contributed by atoms with Crippen molar-refractivity contribution in [2.45, 2.75) is 19.8 Å². The Balaban J connectivity index is 1.58. The first-order valence-electron chi connectivity index (χ1n) is 8.46. The maximum absolute atomic E-state index is 12.4. The zero-order valence-corrected chi connectivity index (χ0v) is 13.9. The van der Waals surface area contributed by atoms with Crippen LogP contribution in [0.2, 0.25) is 0 Å². The number of hydrogen-bond acceptors (Lipinski definition) is 5. The van der Waals surface area contributed by atoms with Gasteiger partial charge in [0.25, 0.3) is 11.8 Å². The number of hydrogen-bond donors (Lipinski definition) is 0. The minimum absolute atomic E-state index is 0.110. The molecule has 1 aromatic rings. The smallest absolute Gasteiger partial charge is 0.310 e. The lowest BCUT2D eigenvalue weighted by molar-refractivity contribution is -0.149. The van der Waals surface area contributed by atoms with E-state index in [2.05, 4.69) is 4.90 Å². The molecule has 6 heteroatoms. The summed E-state index contributed by atoms with van der Waals surface area (Å²) in [4.78, 5) is 40.0. The third kappa shape index (κ3) is 3.19. The van der Waals surface area contributed by atoms with E-state index in [0.29, 0.717) is 37.4 Å². The van der Waals surface area contributed by atoms with Crippen LogP contribution in [0.5, 0.6) is 0 Å². The second-order valence-corrected chi connectivity index (χ2v) is 6.20. The molecule has 1 fully saturated rings. The lowest BCUT2D eigenvalue weighted by atomic mass is 9.98. The zero-order valence-electron chi connectivity index (χ0n) is 13.9. The number of amides is 2. The fourth-order valence-electron chi connectivity index (χ4n) is 3.39. The summed E-state index contributed by atoms with van der Waals surface area (Å²) in [5.41, 5.74) is 0.955. The normalized spacial score (nSPS) is 21.0. The van der Waals surface area contributed by atoms with Gasteiger partial charge in [-0.2, -0.15) is 0 Å². The second kappa shape index (κ2) is 7.13. The van der Waals surface area contributed by atoms with Crippen LogP contribution in [0.4, 0.5) is 0 Å². The minimum Gasteiger partial charge on any atom is -0.466 e. The fraction of sp³-hybridized carbons (Fsp3) is 0.500. The van der Waals surface area contributed by atoms with Gasteiger partial charge in [-0.3, -0.25) is 19.3 Å². The van der Waals surface area contributed by atoms with E-state index in [9.17, 15) is 14.4 Å². The molecule has 0 saturated carbocycles. The zero-order chi connectivity index (χ0) is 17.1. The van der Waals surface area contributed by atoms with Gasteiger partial charge in [0.1, 0.15) is 0 Å². The number of imide groups is 1. The van der Waals surface area contributed by atoms with Crippen molar-refractivity contribution in [1.29, 1.82) is 0 Å². The average molecular weight is 330 g/mol. The number of rotatable bonds is 5. The van der Waals surface area contributed by atoms with Crippen molar-refractivity contribution in [1.82, 2.24) is 9.80 Å². The van der Waals surface area contributed by atoms with E-state index in [-0.39, 0.29) is 23.7 Å². The molecule has 1 atom stereocenters. The Morgan fingerprint density at radius 1 is 1.17 bits per heavy atom. The van der Waals surface area contributed by atoms with Gasteiger partial charge in [0, 0.05) is 19.6 Å². The molecule has 2 heterocycles. The first-order valence-corrected chi connectivity index (χ1v) is 8.46. The first kappa shape index (κ1) is 16.6. The predicted molar refractivity (Wildman–Crippen MR) is 87.6 cm³/mol. The van der Waals surface area contributed by atoms with E-state index in [1.165, 1.54) is 4.90 Å². The standard InChI is InChI=1S/C18H22N2O4/c1-2-24-18(23)13-6-5-9-19(12-13)10-11-20-16(21)14-7-3-4-8-15(14)17(20)22/h3-4,7-8,13H,2,5-6,9-12H2,1H3/t13-/m0/s1. The second-order valence-electron chi connectivity index (χ2n) is 6.20. The van der Waals surface area contributed by atoms with Gasteiger partial charge in [-0.05, 0) is 38.4 Å². The number of piperidine rings is 1. The summed E-state index contributed by atoms with van der Waals surface area (Å²) in [5, 5.41) is 0. The van der Waals surface area contributed by atoms with Crippen LogP contribution in [-0.4, -0.2) is 60.4 Å². The van der Waals surface area contributed by atoms with Gasteiger partial charge in [0.2, 0.25) is 0 Å². The van der Waals surface area contributed by atoms with Crippen LogP contribution < -0.4 is 0 Å². The summed E-state index contributed by atoms with van der Waals surface area (Å²) in [5.74, 6) is -0.715. The van der Waals surface area contributed by atoms with Gasteiger partial charge in [0.05, 0.1) is 23.7 Å². The van der Waals surface area contributed by atoms with Crippen LogP contribution in [0.1, 0.15) is 40.5 Å². The lowest BCUT2D eigenvalue weighted by Gasteiger charge is -2.32. The highest BCUT2D eigenvalue weighted by Crippen LogP contribution is 2.23. The van der Waals surface area contributed by atoms with Crippen LogP contribution in [0, 0.1) is 5.92 Å². The van der Waals surface area contributed by atoms with Crippen molar-refractivity contribution in [2.24, 2.45) is 5.92 Å². The number of fused-ring (bicyclic) bond motifs is 1.